The Bertz CT molecular complexity index is 511. The number of nitrogens with one attached hydrogen (secondary N) is 1. The molecule has 0 aliphatic carbocycles. The fourth-order valence-corrected chi connectivity index (χ4v) is 1.82. The van der Waals surface area contributed by atoms with Crippen LogP contribution in [0.2, 0.25) is 0 Å². The second-order valence-electron chi connectivity index (χ2n) is 4.27. The van der Waals surface area contributed by atoms with Crippen molar-refractivity contribution in [3.63, 3.8) is 0 Å². The zero-order chi connectivity index (χ0) is 12.8. The molecule has 0 amide bonds. The highest BCUT2D eigenvalue weighted by molar-refractivity contribution is 5.62. The average molecular weight is 244 g/mol. The lowest BCUT2D eigenvalue weighted by atomic mass is 10.1. The van der Waals surface area contributed by atoms with Gasteiger partial charge in [-0.1, -0.05) is 19.1 Å². The van der Waals surface area contributed by atoms with Gasteiger partial charge in [-0.3, -0.25) is 4.98 Å². The van der Waals surface area contributed by atoms with E-state index < -0.39 is 0 Å². The summed E-state index contributed by atoms with van der Waals surface area (Å²) in [5.41, 5.74) is 2.93. The molecule has 0 aliphatic heterocycles. The van der Waals surface area contributed by atoms with Crippen molar-refractivity contribution < 1.29 is 4.39 Å². The summed E-state index contributed by atoms with van der Waals surface area (Å²) in [6, 6.07) is 8.63. The van der Waals surface area contributed by atoms with Crippen LogP contribution in [0.1, 0.15) is 18.9 Å². The summed E-state index contributed by atoms with van der Waals surface area (Å²) < 4.78 is 13.2. The van der Waals surface area contributed by atoms with Gasteiger partial charge in [0.25, 0.3) is 0 Å². The van der Waals surface area contributed by atoms with Gasteiger partial charge in [-0.05, 0) is 42.3 Å². The third kappa shape index (κ3) is 3.37. The average Bonchev–Trinajstić information content (AvgIpc) is 2.39. The van der Waals surface area contributed by atoms with E-state index in [2.05, 4.69) is 17.2 Å². The first kappa shape index (κ1) is 12.7. The maximum absolute atomic E-state index is 13.2. The minimum absolute atomic E-state index is 0.220. The van der Waals surface area contributed by atoms with E-state index in [4.69, 9.17) is 0 Å². The number of hydrogen-bond donors (Lipinski definition) is 1. The highest BCUT2D eigenvalue weighted by Crippen LogP contribution is 2.20. The Balaban J connectivity index is 2.16. The number of nitrogens with zero attached hydrogens (tertiary/aromatic N) is 1. The van der Waals surface area contributed by atoms with Crippen LogP contribution >= 0.6 is 0 Å². The molecule has 1 aromatic heterocycles. The van der Waals surface area contributed by atoms with Gasteiger partial charge in [0, 0.05) is 24.5 Å². The van der Waals surface area contributed by atoms with Crippen LogP contribution in [0.15, 0.2) is 42.7 Å². The number of aromatic nitrogens is 1. The van der Waals surface area contributed by atoms with Gasteiger partial charge in [0.1, 0.15) is 5.82 Å². The molecule has 3 heteroatoms. The molecule has 0 saturated carbocycles. The lowest BCUT2D eigenvalue weighted by Crippen LogP contribution is -2.13. The normalized spacial score (nSPS) is 10.6. The first-order chi connectivity index (χ1) is 8.79. The molecule has 0 bridgehead atoms. The summed E-state index contributed by atoms with van der Waals surface area (Å²) in [4.78, 5) is 4.21. The molecule has 2 aromatic rings. The smallest absolute Gasteiger partial charge is 0.123 e. The second kappa shape index (κ2) is 6.26. The molecule has 1 aromatic carbocycles. The van der Waals surface area contributed by atoms with Gasteiger partial charge in [-0.2, -0.15) is 0 Å². The molecule has 2 nitrogen and oxygen atoms in total. The molecular formula is C15H17FN2. The van der Waals surface area contributed by atoms with Crippen LogP contribution in [0.3, 0.4) is 0 Å². The lowest BCUT2D eigenvalue weighted by Gasteiger charge is -2.06. The Labute approximate surface area is 107 Å². The van der Waals surface area contributed by atoms with Crippen molar-refractivity contribution >= 4 is 0 Å². The van der Waals surface area contributed by atoms with Crippen molar-refractivity contribution in [2.24, 2.45) is 0 Å². The van der Waals surface area contributed by atoms with Crippen LogP contribution in [0.4, 0.5) is 4.39 Å². The summed E-state index contributed by atoms with van der Waals surface area (Å²) in [6.07, 6.45) is 4.71. The van der Waals surface area contributed by atoms with Crippen LogP contribution in [-0.4, -0.2) is 11.5 Å². The predicted molar refractivity (Wildman–Crippen MR) is 71.6 cm³/mol. The van der Waals surface area contributed by atoms with Crippen molar-refractivity contribution in [3.8, 4) is 11.1 Å². The summed E-state index contributed by atoms with van der Waals surface area (Å²) in [5, 5.41) is 3.33. The highest BCUT2D eigenvalue weighted by Gasteiger charge is 2.01. The molecule has 2 rings (SSSR count). The molecule has 0 aliphatic rings. The quantitative estimate of drug-likeness (QED) is 0.815. The van der Waals surface area contributed by atoms with Crippen LogP contribution < -0.4 is 5.32 Å². The van der Waals surface area contributed by atoms with Crippen LogP contribution in [-0.2, 0) is 6.54 Å². The number of rotatable bonds is 5. The van der Waals surface area contributed by atoms with Gasteiger partial charge in [-0.15, -0.1) is 0 Å². The van der Waals surface area contributed by atoms with E-state index >= 15 is 0 Å². The van der Waals surface area contributed by atoms with Crippen LogP contribution in [0.5, 0.6) is 0 Å². The molecule has 94 valence electrons. The largest absolute Gasteiger partial charge is 0.313 e. The molecule has 0 fully saturated rings. The number of hydrogen-bond acceptors (Lipinski definition) is 2. The first-order valence-electron chi connectivity index (χ1n) is 6.20. The van der Waals surface area contributed by atoms with Crippen molar-refractivity contribution in [2.75, 3.05) is 6.54 Å². The lowest BCUT2D eigenvalue weighted by molar-refractivity contribution is 0.628. The minimum atomic E-state index is -0.220. The van der Waals surface area contributed by atoms with E-state index in [-0.39, 0.29) is 5.82 Å². The van der Waals surface area contributed by atoms with Crippen LogP contribution in [0, 0.1) is 5.82 Å². The van der Waals surface area contributed by atoms with E-state index in [1.165, 1.54) is 12.1 Å². The van der Waals surface area contributed by atoms with E-state index in [0.717, 1.165) is 36.2 Å². The Hall–Kier alpha value is -1.74. The number of benzene rings is 1. The fraction of sp³-hybridized carbons (Fsp3) is 0.267. The maximum atomic E-state index is 13.2. The SMILES string of the molecule is CCCNCc1cncc(-c2cccc(F)c2)c1. The van der Waals surface area contributed by atoms with E-state index in [0.29, 0.717) is 0 Å². The highest BCUT2D eigenvalue weighted by atomic mass is 19.1. The van der Waals surface area contributed by atoms with Crippen LogP contribution in [0.25, 0.3) is 11.1 Å². The zero-order valence-corrected chi connectivity index (χ0v) is 10.5. The van der Waals surface area contributed by atoms with Crippen molar-refractivity contribution in [2.45, 2.75) is 19.9 Å². The summed E-state index contributed by atoms with van der Waals surface area (Å²) in [6.45, 7) is 3.92. The van der Waals surface area contributed by atoms with Gasteiger partial charge < -0.3 is 5.32 Å². The van der Waals surface area contributed by atoms with E-state index in [9.17, 15) is 4.39 Å². The Morgan fingerprint density at radius 2 is 2.06 bits per heavy atom. The molecule has 0 atom stereocenters. The van der Waals surface area contributed by atoms with Crippen molar-refractivity contribution in [1.29, 1.82) is 0 Å². The predicted octanol–water partition coefficient (Wildman–Crippen LogP) is 3.39. The molecule has 0 saturated heterocycles. The second-order valence-corrected chi connectivity index (χ2v) is 4.27. The molecule has 0 unspecified atom stereocenters. The summed E-state index contributed by atoms with van der Waals surface area (Å²) in [5.74, 6) is -0.220. The van der Waals surface area contributed by atoms with Gasteiger partial charge in [0.15, 0.2) is 0 Å². The summed E-state index contributed by atoms with van der Waals surface area (Å²) in [7, 11) is 0. The third-order valence-corrected chi connectivity index (χ3v) is 2.71. The molecule has 0 spiro atoms. The van der Waals surface area contributed by atoms with E-state index in [1.807, 2.05) is 18.3 Å². The van der Waals surface area contributed by atoms with Gasteiger partial charge in [0.05, 0.1) is 0 Å². The van der Waals surface area contributed by atoms with E-state index in [1.54, 1.807) is 12.3 Å². The topological polar surface area (TPSA) is 24.9 Å². The minimum Gasteiger partial charge on any atom is -0.313 e. The van der Waals surface area contributed by atoms with Gasteiger partial charge in [-0.25, -0.2) is 4.39 Å². The van der Waals surface area contributed by atoms with Gasteiger partial charge >= 0.3 is 0 Å². The van der Waals surface area contributed by atoms with Crippen molar-refractivity contribution in [3.05, 3.63) is 54.1 Å². The molecule has 1 N–H and O–H groups in total. The van der Waals surface area contributed by atoms with Crippen molar-refractivity contribution in [1.82, 2.24) is 10.3 Å². The van der Waals surface area contributed by atoms with Gasteiger partial charge in [0.2, 0.25) is 0 Å². The summed E-state index contributed by atoms with van der Waals surface area (Å²) >= 11 is 0. The third-order valence-electron chi connectivity index (χ3n) is 2.71. The fourth-order valence-electron chi connectivity index (χ4n) is 1.82. The Kier molecular flexibility index (Phi) is 4.42. The Morgan fingerprint density at radius 3 is 2.83 bits per heavy atom. The maximum Gasteiger partial charge on any atom is 0.123 e. The Morgan fingerprint density at radius 1 is 1.17 bits per heavy atom. The number of pyridine rings is 1. The first-order valence-corrected chi connectivity index (χ1v) is 6.20. The molecular weight excluding hydrogens is 227 g/mol. The standard InChI is InChI=1S/C15H17FN2/c1-2-6-17-9-12-7-14(11-18-10-12)13-4-3-5-15(16)8-13/h3-5,7-8,10-11,17H,2,6,9H2,1H3. The molecule has 0 radical (unpaired) electrons. The molecule has 18 heavy (non-hydrogen) atoms. The monoisotopic (exact) mass is 244 g/mol. The number of halogens is 1. The molecule has 1 heterocycles. The zero-order valence-electron chi connectivity index (χ0n) is 10.5.